The molecule has 0 aromatic carbocycles. The molecule has 0 aliphatic heterocycles. The standard InChI is InChI=1S/C14H23ClN2OS/c1-11(14-16-12(9-15)10-19-14)17(7-8-18)13-5-3-2-4-6-13/h10-11,13,18H,2-9H2,1H3. The first-order chi connectivity index (χ1) is 9.26. The summed E-state index contributed by atoms with van der Waals surface area (Å²) in [5, 5.41) is 12.5. The molecular weight excluding hydrogens is 280 g/mol. The van der Waals surface area contributed by atoms with Crippen molar-refractivity contribution in [3.63, 3.8) is 0 Å². The molecule has 0 radical (unpaired) electrons. The molecule has 1 heterocycles. The molecule has 0 saturated heterocycles. The van der Waals surface area contributed by atoms with Crippen LogP contribution in [0.15, 0.2) is 5.38 Å². The van der Waals surface area contributed by atoms with Crippen molar-refractivity contribution in [2.45, 2.75) is 57.0 Å². The molecule has 108 valence electrons. The van der Waals surface area contributed by atoms with E-state index in [2.05, 4.69) is 16.8 Å². The van der Waals surface area contributed by atoms with Crippen LogP contribution in [0.5, 0.6) is 0 Å². The van der Waals surface area contributed by atoms with Crippen molar-refractivity contribution in [3.8, 4) is 0 Å². The molecule has 3 nitrogen and oxygen atoms in total. The molecular formula is C14H23ClN2OS. The van der Waals surface area contributed by atoms with E-state index in [1.165, 1.54) is 32.1 Å². The average Bonchev–Trinajstić information content (AvgIpc) is 2.94. The van der Waals surface area contributed by atoms with Gasteiger partial charge in [0.15, 0.2) is 0 Å². The summed E-state index contributed by atoms with van der Waals surface area (Å²) >= 11 is 7.51. The SMILES string of the molecule is CC(c1nc(CCl)cs1)N(CCO)C1CCCCC1. The highest BCUT2D eigenvalue weighted by Crippen LogP contribution is 2.31. The summed E-state index contributed by atoms with van der Waals surface area (Å²) in [6.07, 6.45) is 6.47. The highest BCUT2D eigenvalue weighted by atomic mass is 35.5. The first-order valence-electron chi connectivity index (χ1n) is 7.13. The molecule has 0 amide bonds. The molecule has 1 unspecified atom stereocenters. The Morgan fingerprint density at radius 1 is 1.47 bits per heavy atom. The lowest BCUT2D eigenvalue weighted by atomic mass is 9.93. The second kappa shape index (κ2) is 7.58. The Kier molecular flexibility index (Phi) is 6.07. The zero-order valence-electron chi connectivity index (χ0n) is 11.5. The molecule has 5 heteroatoms. The Bertz CT molecular complexity index is 379. The van der Waals surface area contributed by atoms with E-state index in [1.54, 1.807) is 11.3 Å². The van der Waals surface area contributed by atoms with E-state index in [0.29, 0.717) is 11.9 Å². The lowest BCUT2D eigenvalue weighted by Crippen LogP contribution is -2.40. The number of halogens is 1. The fourth-order valence-corrected chi connectivity index (χ4v) is 4.06. The molecule has 1 fully saturated rings. The molecule has 1 saturated carbocycles. The van der Waals surface area contributed by atoms with E-state index in [0.717, 1.165) is 17.2 Å². The van der Waals surface area contributed by atoms with Gasteiger partial charge in [0.2, 0.25) is 0 Å². The number of hydrogen-bond acceptors (Lipinski definition) is 4. The quantitative estimate of drug-likeness (QED) is 0.816. The molecule has 0 bridgehead atoms. The largest absolute Gasteiger partial charge is 0.395 e. The van der Waals surface area contributed by atoms with Gasteiger partial charge < -0.3 is 5.11 Å². The van der Waals surface area contributed by atoms with Crippen LogP contribution in [-0.2, 0) is 5.88 Å². The van der Waals surface area contributed by atoms with Crippen molar-refractivity contribution in [1.29, 1.82) is 0 Å². The van der Waals surface area contributed by atoms with E-state index in [9.17, 15) is 5.11 Å². The van der Waals surface area contributed by atoms with Crippen LogP contribution in [0.4, 0.5) is 0 Å². The van der Waals surface area contributed by atoms with Gasteiger partial charge in [-0.25, -0.2) is 4.98 Å². The molecule has 0 spiro atoms. The van der Waals surface area contributed by atoms with Gasteiger partial charge in [-0.1, -0.05) is 19.3 Å². The van der Waals surface area contributed by atoms with Crippen LogP contribution in [-0.4, -0.2) is 34.2 Å². The van der Waals surface area contributed by atoms with Crippen molar-refractivity contribution in [1.82, 2.24) is 9.88 Å². The fraction of sp³-hybridized carbons (Fsp3) is 0.786. The fourth-order valence-electron chi connectivity index (χ4n) is 2.94. The number of aromatic nitrogens is 1. The van der Waals surface area contributed by atoms with Gasteiger partial charge in [0.05, 0.1) is 24.2 Å². The molecule has 1 aromatic rings. The molecule has 1 N–H and O–H groups in total. The van der Waals surface area contributed by atoms with E-state index in [4.69, 9.17) is 11.6 Å². The van der Waals surface area contributed by atoms with Gasteiger partial charge in [0.1, 0.15) is 5.01 Å². The third-order valence-electron chi connectivity index (χ3n) is 3.96. The summed E-state index contributed by atoms with van der Waals surface area (Å²) in [4.78, 5) is 7.02. The number of nitrogens with zero attached hydrogens (tertiary/aromatic N) is 2. The van der Waals surface area contributed by atoms with E-state index in [-0.39, 0.29) is 12.6 Å². The summed E-state index contributed by atoms with van der Waals surface area (Å²) in [6, 6.07) is 0.872. The summed E-state index contributed by atoms with van der Waals surface area (Å²) in [7, 11) is 0. The Morgan fingerprint density at radius 2 is 2.21 bits per heavy atom. The molecule has 1 atom stereocenters. The van der Waals surface area contributed by atoms with Gasteiger partial charge in [0.25, 0.3) is 0 Å². The zero-order valence-corrected chi connectivity index (χ0v) is 13.1. The van der Waals surface area contributed by atoms with Crippen molar-refractivity contribution in [3.05, 3.63) is 16.1 Å². The Morgan fingerprint density at radius 3 is 2.79 bits per heavy atom. The van der Waals surface area contributed by atoms with Crippen LogP contribution < -0.4 is 0 Å². The Balaban J connectivity index is 2.08. The van der Waals surface area contributed by atoms with E-state index in [1.807, 2.05) is 5.38 Å². The monoisotopic (exact) mass is 302 g/mol. The highest BCUT2D eigenvalue weighted by Gasteiger charge is 2.27. The minimum absolute atomic E-state index is 0.217. The highest BCUT2D eigenvalue weighted by molar-refractivity contribution is 7.09. The van der Waals surface area contributed by atoms with Crippen LogP contribution in [0.1, 0.15) is 55.8 Å². The van der Waals surface area contributed by atoms with Gasteiger partial charge in [0, 0.05) is 18.0 Å². The molecule has 2 rings (SSSR count). The van der Waals surface area contributed by atoms with Crippen LogP contribution in [0.3, 0.4) is 0 Å². The summed E-state index contributed by atoms with van der Waals surface area (Å²) in [5.74, 6) is 0.479. The van der Waals surface area contributed by atoms with Crippen LogP contribution >= 0.6 is 22.9 Å². The average molecular weight is 303 g/mol. The smallest absolute Gasteiger partial charge is 0.110 e. The summed E-state index contributed by atoms with van der Waals surface area (Å²) in [6.45, 7) is 3.15. The maximum Gasteiger partial charge on any atom is 0.110 e. The zero-order chi connectivity index (χ0) is 13.7. The number of rotatable bonds is 6. The third-order valence-corrected chi connectivity index (χ3v) is 5.30. The summed E-state index contributed by atoms with van der Waals surface area (Å²) < 4.78 is 0. The van der Waals surface area contributed by atoms with Crippen molar-refractivity contribution in [2.24, 2.45) is 0 Å². The van der Waals surface area contributed by atoms with Crippen molar-refractivity contribution in [2.75, 3.05) is 13.2 Å². The van der Waals surface area contributed by atoms with E-state index >= 15 is 0 Å². The number of hydrogen-bond donors (Lipinski definition) is 1. The topological polar surface area (TPSA) is 36.4 Å². The normalized spacial score (nSPS) is 18.9. The second-order valence-electron chi connectivity index (χ2n) is 5.24. The van der Waals surface area contributed by atoms with E-state index < -0.39 is 0 Å². The van der Waals surface area contributed by atoms with Crippen LogP contribution in [0, 0.1) is 0 Å². The predicted molar refractivity (Wildman–Crippen MR) is 80.8 cm³/mol. The molecule has 19 heavy (non-hydrogen) atoms. The van der Waals surface area contributed by atoms with Gasteiger partial charge in [-0.3, -0.25) is 4.90 Å². The Hall–Kier alpha value is -0.160. The Labute approximate surface area is 124 Å². The second-order valence-corrected chi connectivity index (χ2v) is 6.40. The minimum Gasteiger partial charge on any atom is -0.395 e. The van der Waals surface area contributed by atoms with Crippen molar-refractivity contribution >= 4 is 22.9 Å². The first-order valence-corrected chi connectivity index (χ1v) is 8.54. The van der Waals surface area contributed by atoms with Gasteiger partial charge >= 0.3 is 0 Å². The van der Waals surface area contributed by atoms with Crippen molar-refractivity contribution < 1.29 is 5.11 Å². The number of alkyl halides is 1. The van der Waals surface area contributed by atoms with Gasteiger partial charge in [-0.15, -0.1) is 22.9 Å². The first kappa shape index (κ1) is 15.2. The van der Waals surface area contributed by atoms with Crippen LogP contribution in [0.2, 0.25) is 0 Å². The van der Waals surface area contributed by atoms with Gasteiger partial charge in [-0.2, -0.15) is 0 Å². The lowest BCUT2D eigenvalue weighted by molar-refractivity contribution is 0.0871. The third kappa shape index (κ3) is 3.91. The van der Waals surface area contributed by atoms with Crippen LogP contribution in [0.25, 0.3) is 0 Å². The number of thiazole rings is 1. The minimum atomic E-state index is 0.217. The van der Waals surface area contributed by atoms with Gasteiger partial charge in [-0.05, 0) is 19.8 Å². The molecule has 1 aromatic heterocycles. The lowest BCUT2D eigenvalue weighted by Gasteiger charge is -2.37. The summed E-state index contributed by atoms with van der Waals surface area (Å²) in [5.41, 5.74) is 0.959. The molecule has 1 aliphatic rings. The maximum absolute atomic E-state index is 9.33. The number of aliphatic hydroxyl groups excluding tert-OH is 1. The predicted octanol–water partition coefficient (Wildman–Crippen LogP) is 3.57. The maximum atomic E-state index is 9.33. The number of aliphatic hydroxyl groups is 1. The molecule has 1 aliphatic carbocycles.